The molecule has 4 heteroatoms. The second-order valence-corrected chi connectivity index (χ2v) is 4.82. The molecule has 0 radical (unpaired) electrons. The highest BCUT2D eigenvalue weighted by Crippen LogP contribution is 2.22. The summed E-state index contributed by atoms with van der Waals surface area (Å²) in [5, 5.41) is 9.34. The van der Waals surface area contributed by atoms with Crippen LogP contribution in [0.3, 0.4) is 0 Å². The summed E-state index contributed by atoms with van der Waals surface area (Å²) in [6.07, 6.45) is 3.21. The lowest BCUT2D eigenvalue weighted by atomic mass is 10.3. The van der Waals surface area contributed by atoms with Crippen molar-refractivity contribution < 1.29 is 13.5 Å². The molecule has 0 heterocycles. The summed E-state index contributed by atoms with van der Waals surface area (Å²) >= 11 is 0. The highest BCUT2D eigenvalue weighted by atomic mass is 32.2. The van der Waals surface area contributed by atoms with Gasteiger partial charge in [-0.05, 0) is 19.1 Å². The number of benzene rings is 1. The Balaban J connectivity index is 3.11. The Labute approximate surface area is 83.6 Å². The fourth-order valence-electron chi connectivity index (χ4n) is 1.03. The maximum Gasteiger partial charge on any atom is 0.185 e. The van der Waals surface area contributed by atoms with E-state index in [1.54, 1.807) is 31.2 Å². The van der Waals surface area contributed by atoms with E-state index in [-0.39, 0.29) is 16.4 Å². The minimum Gasteiger partial charge on any atom is -0.507 e. The minimum atomic E-state index is -3.39. The number of rotatable bonds is 3. The lowest BCUT2D eigenvalue weighted by molar-refractivity contribution is 0.459. The van der Waals surface area contributed by atoms with Crippen LogP contribution in [0.1, 0.15) is 6.92 Å². The molecule has 0 unspecified atom stereocenters. The van der Waals surface area contributed by atoms with Gasteiger partial charge in [-0.15, -0.1) is 0 Å². The van der Waals surface area contributed by atoms with Crippen LogP contribution in [-0.4, -0.2) is 19.3 Å². The summed E-state index contributed by atoms with van der Waals surface area (Å²) in [7, 11) is -3.39. The van der Waals surface area contributed by atoms with E-state index in [1.165, 1.54) is 12.1 Å². The predicted octanol–water partition coefficient (Wildman–Crippen LogP) is 1.74. The lowest BCUT2D eigenvalue weighted by Crippen LogP contribution is -2.04. The first-order valence-corrected chi connectivity index (χ1v) is 5.85. The molecule has 1 aromatic rings. The number of para-hydroxylation sites is 1. The third kappa shape index (κ3) is 2.35. The van der Waals surface area contributed by atoms with E-state index in [1.807, 2.05) is 0 Å². The van der Waals surface area contributed by atoms with E-state index in [2.05, 4.69) is 0 Å². The van der Waals surface area contributed by atoms with Gasteiger partial charge >= 0.3 is 0 Å². The van der Waals surface area contributed by atoms with Gasteiger partial charge in [-0.25, -0.2) is 8.42 Å². The van der Waals surface area contributed by atoms with E-state index < -0.39 is 9.84 Å². The minimum absolute atomic E-state index is 0.0156. The topological polar surface area (TPSA) is 54.4 Å². The second kappa shape index (κ2) is 4.28. The molecule has 0 aliphatic rings. The molecule has 0 aromatic heterocycles. The molecular weight excluding hydrogens is 200 g/mol. The standard InChI is InChI=1S/C10H12O3S/c1-2-3-8-14(12,13)10-7-5-4-6-9(10)11/h2-7,11H,8H2,1H3. The van der Waals surface area contributed by atoms with Crippen LogP contribution in [0.4, 0.5) is 0 Å². The summed E-state index contributed by atoms with van der Waals surface area (Å²) in [6, 6.07) is 5.93. The van der Waals surface area contributed by atoms with Crippen molar-refractivity contribution >= 4 is 9.84 Å². The smallest absolute Gasteiger partial charge is 0.185 e. The fourth-order valence-corrected chi connectivity index (χ4v) is 2.33. The largest absolute Gasteiger partial charge is 0.507 e. The Hall–Kier alpha value is -1.29. The number of allylic oxidation sites excluding steroid dienone is 1. The quantitative estimate of drug-likeness (QED) is 0.776. The van der Waals surface area contributed by atoms with Crippen LogP contribution in [0, 0.1) is 0 Å². The van der Waals surface area contributed by atoms with E-state index in [0.717, 1.165) is 0 Å². The van der Waals surface area contributed by atoms with Gasteiger partial charge in [0.2, 0.25) is 0 Å². The maximum atomic E-state index is 11.6. The summed E-state index contributed by atoms with van der Waals surface area (Å²) in [4.78, 5) is -0.0156. The number of phenolic OH excluding ortho intramolecular Hbond substituents is 1. The molecule has 3 nitrogen and oxygen atoms in total. The van der Waals surface area contributed by atoms with Gasteiger partial charge in [-0.1, -0.05) is 24.3 Å². The number of hydrogen-bond acceptors (Lipinski definition) is 3. The molecule has 1 aromatic carbocycles. The maximum absolute atomic E-state index is 11.6. The van der Waals surface area contributed by atoms with Crippen molar-refractivity contribution in [1.29, 1.82) is 0 Å². The molecule has 1 N–H and O–H groups in total. The van der Waals surface area contributed by atoms with Gasteiger partial charge in [0.1, 0.15) is 10.6 Å². The first kappa shape index (κ1) is 10.8. The third-order valence-electron chi connectivity index (χ3n) is 1.75. The van der Waals surface area contributed by atoms with Gasteiger partial charge in [-0.2, -0.15) is 0 Å². The molecule has 0 spiro atoms. The molecular formula is C10H12O3S. The molecule has 0 aliphatic heterocycles. The van der Waals surface area contributed by atoms with Crippen LogP contribution in [0.25, 0.3) is 0 Å². The number of sulfone groups is 1. The average molecular weight is 212 g/mol. The molecule has 0 bridgehead atoms. The van der Waals surface area contributed by atoms with Gasteiger partial charge in [0.15, 0.2) is 9.84 Å². The monoisotopic (exact) mass is 212 g/mol. The Kier molecular flexibility index (Phi) is 3.30. The third-order valence-corrected chi connectivity index (χ3v) is 3.40. The zero-order chi connectivity index (χ0) is 10.6. The van der Waals surface area contributed by atoms with Crippen molar-refractivity contribution in [3.8, 4) is 5.75 Å². The second-order valence-electron chi connectivity index (χ2n) is 2.82. The van der Waals surface area contributed by atoms with Crippen LogP contribution in [-0.2, 0) is 9.84 Å². The van der Waals surface area contributed by atoms with Crippen molar-refractivity contribution in [2.75, 3.05) is 5.75 Å². The Morgan fingerprint density at radius 3 is 2.57 bits per heavy atom. The highest BCUT2D eigenvalue weighted by molar-refractivity contribution is 7.91. The summed E-state index contributed by atoms with van der Waals surface area (Å²) in [5.74, 6) is -0.279. The van der Waals surface area contributed by atoms with Gasteiger partial charge in [-0.3, -0.25) is 0 Å². The van der Waals surface area contributed by atoms with Crippen LogP contribution in [0.15, 0.2) is 41.3 Å². The molecule has 0 fully saturated rings. The fraction of sp³-hybridized carbons (Fsp3) is 0.200. The first-order chi connectivity index (χ1) is 6.58. The molecule has 0 aliphatic carbocycles. The zero-order valence-corrected chi connectivity index (χ0v) is 8.66. The predicted molar refractivity (Wildman–Crippen MR) is 55.0 cm³/mol. The SMILES string of the molecule is CC=CCS(=O)(=O)c1ccccc1O. The van der Waals surface area contributed by atoms with Crippen molar-refractivity contribution in [2.24, 2.45) is 0 Å². The van der Waals surface area contributed by atoms with E-state index in [0.29, 0.717) is 0 Å². The summed E-state index contributed by atoms with van der Waals surface area (Å²) in [6.45, 7) is 1.75. The van der Waals surface area contributed by atoms with Crippen molar-refractivity contribution in [1.82, 2.24) is 0 Å². The number of hydrogen-bond donors (Lipinski definition) is 1. The van der Waals surface area contributed by atoms with E-state index in [4.69, 9.17) is 0 Å². The molecule has 76 valence electrons. The highest BCUT2D eigenvalue weighted by Gasteiger charge is 2.15. The molecule has 0 atom stereocenters. The Bertz CT molecular complexity index is 432. The van der Waals surface area contributed by atoms with Gasteiger partial charge in [0, 0.05) is 0 Å². The summed E-state index contributed by atoms with van der Waals surface area (Å²) in [5.41, 5.74) is 0. The molecule has 1 rings (SSSR count). The van der Waals surface area contributed by atoms with Crippen LogP contribution >= 0.6 is 0 Å². The molecule has 0 saturated carbocycles. The lowest BCUT2D eigenvalue weighted by Gasteiger charge is -2.03. The number of phenols is 1. The molecule has 0 saturated heterocycles. The first-order valence-electron chi connectivity index (χ1n) is 4.20. The van der Waals surface area contributed by atoms with E-state index in [9.17, 15) is 13.5 Å². The normalized spacial score (nSPS) is 12.1. The Morgan fingerprint density at radius 1 is 1.36 bits per heavy atom. The van der Waals surface area contributed by atoms with Crippen LogP contribution in [0.2, 0.25) is 0 Å². The Morgan fingerprint density at radius 2 is 2.00 bits per heavy atom. The van der Waals surface area contributed by atoms with E-state index >= 15 is 0 Å². The molecule has 0 amide bonds. The van der Waals surface area contributed by atoms with Crippen molar-refractivity contribution in [2.45, 2.75) is 11.8 Å². The van der Waals surface area contributed by atoms with Crippen molar-refractivity contribution in [3.05, 3.63) is 36.4 Å². The van der Waals surface area contributed by atoms with Gasteiger partial charge < -0.3 is 5.11 Å². The van der Waals surface area contributed by atoms with Gasteiger partial charge in [0.25, 0.3) is 0 Å². The van der Waals surface area contributed by atoms with Gasteiger partial charge in [0.05, 0.1) is 5.75 Å². The zero-order valence-electron chi connectivity index (χ0n) is 7.84. The summed E-state index contributed by atoms with van der Waals surface area (Å²) < 4.78 is 23.2. The average Bonchev–Trinajstić information content (AvgIpc) is 2.15. The molecule has 14 heavy (non-hydrogen) atoms. The number of aromatic hydroxyl groups is 1. The van der Waals surface area contributed by atoms with Crippen molar-refractivity contribution in [3.63, 3.8) is 0 Å². The van der Waals surface area contributed by atoms with Crippen LogP contribution in [0.5, 0.6) is 5.75 Å². The van der Waals surface area contributed by atoms with Crippen LogP contribution < -0.4 is 0 Å².